The van der Waals surface area contributed by atoms with Crippen LogP contribution in [0.4, 0.5) is 9.18 Å². The molecule has 7 nitrogen and oxygen atoms in total. The first-order valence-electron chi connectivity index (χ1n) is 8.97. The summed E-state index contributed by atoms with van der Waals surface area (Å²) in [5, 5.41) is 0. The summed E-state index contributed by atoms with van der Waals surface area (Å²) in [6.07, 6.45) is 0.272. The minimum Gasteiger partial charge on any atom is -0.450 e. The van der Waals surface area contributed by atoms with Gasteiger partial charge in [0.1, 0.15) is 11.9 Å². The Morgan fingerprint density at radius 3 is 2.54 bits per heavy atom. The molecule has 2 unspecified atom stereocenters. The van der Waals surface area contributed by atoms with Gasteiger partial charge in [0.15, 0.2) is 0 Å². The van der Waals surface area contributed by atoms with Gasteiger partial charge in [-0.3, -0.25) is 4.79 Å². The van der Waals surface area contributed by atoms with Gasteiger partial charge in [-0.2, -0.15) is 0 Å². The number of hydrazine groups is 1. The first-order chi connectivity index (χ1) is 12.5. The monoisotopic (exact) mass is 364 g/mol. The number of hydrogen-bond donors (Lipinski definition) is 2. The Morgan fingerprint density at radius 2 is 1.88 bits per heavy atom. The molecule has 2 atom stereocenters. The Bertz CT molecular complexity index is 676. The normalized spacial score (nSPS) is 23.2. The van der Waals surface area contributed by atoms with E-state index in [1.165, 1.54) is 6.07 Å². The smallest absolute Gasteiger partial charge is 0.409 e. The molecule has 0 aliphatic carbocycles. The summed E-state index contributed by atoms with van der Waals surface area (Å²) >= 11 is 0. The lowest BCUT2D eigenvalue weighted by atomic mass is 9.99. The van der Waals surface area contributed by atoms with Gasteiger partial charge in [-0.05, 0) is 37.5 Å². The second-order valence-electron chi connectivity index (χ2n) is 6.65. The molecule has 26 heavy (non-hydrogen) atoms. The highest BCUT2D eigenvalue weighted by molar-refractivity contribution is 5.82. The van der Waals surface area contributed by atoms with Gasteiger partial charge >= 0.3 is 6.09 Å². The molecule has 2 aliphatic rings. The fourth-order valence-corrected chi connectivity index (χ4v) is 3.37. The Balaban J connectivity index is 1.53. The molecule has 2 heterocycles. The van der Waals surface area contributed by atoms with Crippen molar-refractivity contribution in [3.05, 3.63) is 35.1 Å². The summed E-state index contributed by atoms with van der Waals surface area (Å²) in [4.78, 5) is 27.9. The summed E-state index contributed by atoms with van der Waals surface area (Å²) in [5.41, 5.74) is 7.73. The largest absolute Gasteiger partial charge is 0.450 e. The molecule has 0 saturated carbocycles. The molecule has 2 aliphatic heterocycles. The quantitative estimate of drug-likeness (QED) is 0.847. The maximum absolute atomic E-state index is 13.4. The Morgan fingerprint density at radius 1 is 1.19 bits per heavy atom. The van der Waals surface area contributed by atoms with Crippen LogP contribution in [-0.2, 0) is 9.53 Å². The van der Waals surface area contributed by atoms with Crippen LogP contribution < -0.4 is 10.9 Å². The van der Waals surface area contributed by atoms with Gasteiger partial charge in [0, 0.05) is 32.2 Å². The summed E-state index contributed by atoms with van der Waals surface area (Å²) in [5.74, 6) is -0.214. The number of hydrogen-bond acceptors (Lipinski definition) is 5. The lowest BCUT2D eigenvalue weighted by molar-refractivity contribution is -0.134. The molecule has 1 aromatic rings. The van der Waals surface area contributed by atoms with E-state index in [1.54, 1.807) is 35.8 Å². The van der Waals surface area contributed by atoms with E-state index < -0.39 is 0 Å². The van der Waals surface area contributed by atoms with Crippen molar-refractivity contribution in [1.82, 2.24) is 20.7 Å². The number of carbonyl (C=O) groups excluding carboxylic acids is 2. The van der Waals surface area contributed by atoms with Crippen LogP contribution in [0.2, 0.25) is 0 Å². The number of piperazine rings is 1. The Hall–Kier alpha value is -2.19. The number of nitrogens with zero attached hydrogens (tertiary/aromatic N) is 2. The van der Waals surface area contributed by atoms with Gasteiger partial charge in [0.2, 0.25) is 5.91 Å². The zero-order chi connectivity index (χ0) is 18.7. The van der Waals surface area contributed by atoms with Crippen LogP contribution in [0.15, 0.2) is 18.2 Å². The number of ether oxygens (including phenoxy) is 1. The highest BCUT2D eigenvalue weighted by atomic mass is 19.1. The minimum atomic E-state index is -0.334. The molecule has 2 saturated heterocycles. The van der Waals surface area contributed by atoms with Gasteiger partial charge in [0.05, 0.1) is 6.61 Å². The van der Waals surface area contributed by atoms with Crippen LogP contribution in [0.25, 0.3) is 0 Å². The number of carbonyl (C=O) groups is 2. The van der Waals surface area contributed by atoms with E-state index >= 15 is 0 Å². The molecule has 2 amide bonds. The maximum atomic E-state index is 13.4. The molecular weight excluding hydrogens is 339 g/mol. The van der Waals surface area contributed by atoms with Gasteiger partial charge in [-0.15, -0.1) is 0 Å². The van der Waals surface area contributed by atoms with Crippen molar-refractivity contribution in [2.45, 2.75) is 32.4 Å². The third-order valence-corrected chi connectivity index (χ3v) is 4.90. The van der Waals surface area contributed by atoms with E-state index in [4.69, 9.17) is 4.74 Å². The van der Waals surface area contributed by atoms with E-state index in [0.29, 0.717) is 44.8 Å². The van der Waals surface area contributed by atoms with E-state index in [2.05, 4.69) is 10.9 Å². The minimum absolute atomic E-state index is 0.0161. The Kier molecular flexibility index (Phi) is 5.73. The molecule has 2 N–H and O–H groups in total. The standard InChI is InChI=1S/C18H25FN4O3/c1-3-26-18(25)23-8-6-22(7-9-23)17(24)16-11-15(20-21-16)13-4-5-14(19)12(2)10-13/h4-5,10,15-16,20-21H,3,6-9,11H2,1-2H3. The lowest BCUT2D eigenvalue weighted by Gasteiger charge is -2.35. The average Bonchev–Trinajstić information content (AvgIpc) is 3.14. The predicted molar refractivity (Wildman–Crippen MR) is 93.7 cm³/mol. The molecule has 3 rings (SSSR count). The third kappa shape index (κ3) is 3.96. The third-order valence-electron chi connectivity index (χ3n) is 4.90. The summed E-state index contributed by atoms with van der Waals surface area (Å²) in [6, 6.07) is 4.63. The zero-order valence-corrected chi connectivity index (χ0v) is 15.1. The van der Waals surface area contributed by atoms with Gasteiger partial charge in [0.25, 0.3) is 0 Å². The molecule has 0 aromatic heterocycles. The molecule has 8 heteroatoms. The highest BCUT2D eigenvalue weighted by Crippen LogP contribution is 2.25. The molecule has 1 aromatic carbocycles. The average molecular weight is 364 g/mol. The van der Waals surface area contributed by atoms with Crippen LogP contribution in [0.3, 0.4) is 0 Å². The molecule has 142 valence electrons. The van der Waals surface area contributed by atoms with Crippen LogP contribution in [-0.4, -0.2) is 60.6 Å². The number of nitrogens with one attached hydrogen (secondary N) is 2. The molecular formula is C18H25FN4O3. The summed E-state index contributed by atoms with van der Waals surface area (Å²) < 4.78 is 18.4. The second-order valence-corrected chi connectivity index (χ2v) is 6.65. The maximum Gasteiger partial charge on any atom is 0.409 e. The number of benzene rings is 1. The van der Waals surface area contributed by atoms with Crippen molar-refractivity contribution in [3.63, 3.8) is 0 Å². The SMILES string of the molecule is CCOC(=O)N1CCN(C(=O)C2CC(c3ccc(F)c(C)c3)NN2)CC1. The van der Waals surface area contributed by atoms with Crippen LogP contribution >= 0.6 is 0 Å². The van der Waals surface area contributed by atoms with Crippen LogP contribution in [0.5, 0.6) is 0 Å². The first kappa shape index (κ1) is 18.6. The molecule has 2 fully saturated rings. The van der Waals surface area contributed by atoms with Crippen molar-refractivity contribution >= 4 is 12.0 Å². The first-order valence-corrected chi connectivity index (χ1v) is 8.97. The fourth-order valence-electron chi connectivity index (χ4n) is 3.37. The number of aryl methyl sites for hydroxylation is 1. The van der Waals surface area contributed by atoms with E-state index in [9.17, 15) is 14.0 Å². The van der Waals surface area contributed by atoms with Crippen molar-refractivity contribution in [3.8, 4) is 0 Å². The van der Waals surface area contributed by atoms with Gasteiger partial charge in [-0.25, -0.2) is 20.0 Å². The zero-order valence-electron chi connectivity index (χ0n) is 15.1. The lowest BCUT2D eigenvalue weighted by Crippen LogP contribution is -2.54. The number of amides is 2. The van der Waals surface area contributed by atoms with Crippen molar-refractivity contribution in [1.29, 1.82) is 0 Å². The predicted octanol–water partition coefficient (Wildman–Crippen LogP) is 1.34. The van der Waals surface area contributed by atoms with Crippen molar-refractivity contribution in [2.24, 2.45) is 0 Å². The Labute approximate surface area is 152 Å². The molecule has 0 radical (unpaired) electrons. The van der Waals surface area contributed by atoms with E-state index in [1.807, 2.05) is 0 Å². The number of halogens is 1. The van der Waals surface area contributed by atoms with Crippen LogP contribution in [0.1, 0.15) is 30.5 Å². The highest BCUT2D eigenvalue weighted by Gasteiger charge is 2.34. The van der Waals surface area contributed by atoms with Gasteiger partial charge in [-0.1, -0.05) is 12.1 Å². The van der Waals surface area contributed by atoms with Crippen molar-refractivity contribution in [2.75, 3.05) is 32.8 Å². The fraction of sp³-hybridized carbons (Fsp3) is 0.556. The topological polar surface area (TPSA) is 73.9 Å². The van der Waals surface area contributed by atoms with Gasteiger partial charge < -0.3 is 14.5 Å². The molecule has 0 bridgehead atoms. The van der Waals surface area contributed by atoms with Crippen LogP contribution in [0, 0.1) is 12.7 Å². The summed E-state index contributed by atoms with van der Waals surface area (Å²) in [7, 11) is 0. The van der Waals surface area contributed by atoms with Crippen molar-refractivity contribution < 1.29 is 18.7 Å². The summed E-state index contributed by atoms with van der Waals surface area (Å²) in [6.45, 7) is 5.80. The number of rotatable bonds is 3. The van der Waals surface area contributed by atoms with E-state index in [0.717, 1.165) is 5.56 Å². The second kappa shape index (κ2) is 8.01. The molecule has 0 spiro atoms. The van der Waals surface area contributed by atoms with E-state index in [-0.39, 0.29) is 29.9 Å².